The number of aromatic amines is 1. The minimum atomic E-state index is 0.347. The van der Waals surface area contributed by atoms with Crippen LogP contribution < -0.4 is 9.80 Å². The Hall–Kier alpha value is -4.19. The molecule has 6 nitrogen and oxygen atoms in total. The number of hydrogen-bond donors (Lipinski definition) is 1. The molecule has 1 aliphatic rings. The molecule has 1 unspecified atom stereocenters. The fourth-order valence-electron chi connectivity index (χ4n) is 5.08. The minimum absolute atomic E-state index is 0.347. The van der Waals surface area contributed by atoms with Crippen molar-refractivity contribution in [3.63, 3.8) is 0 Å². The second-order valence-electron chi connectivity index (χ2n) is 9.24. The summed E-state index contributed by atoms with van der Waals surface area (Å²) in [4.78, 5) is 14.2. The van der Waals surface area contributed by atoms with Gasteiger partial charge in [-0.05, 0) is 49.7 Å². The second-order valence-corrected chi connectivity index (χ2v) is 9.24. The van der Waals surface area contributed by atoms with Crippen LogP contribution in [-0.4, -0.2) is 45.8 Å². The van der Waals surface area contributed by atoms with Crippen LogP contribution in [0.2, 0.25) is 0 Å². The highest BCUT2D eigenvalue weighted by Gasteiger charge is 2.25. The average molecular weight is 461 g/mol. The zero-order valence-electron chi connectivity index (χ0n) is 20.0. The van der Waals surface area contributed by atoms with Crippen LogP contribution in [0.1, 0.15) is 12.6 Å². The van der Waals surface area contributed by atoms with Crippen molar-refractivity contribution in [3.05, 3.63) is 91.0 Å². The van der Waals surface area contributed by atoms with E-state index >= 15 is 0 Å². The van der Waals surface area contributed by atoms with E-state index in [-0.39, 0.29) is 0 Å². The molecule has 0 saturated carbocycles. The van der Waals surface area contributed by atoms with Gasteiger partial charge < -0.3 is 9.80 Å². The van der Waals surface area contributed by atoms with Crippen LogP contribution >= 0.6 is 0 Å². The van der Waals surface area contributed by atoms with Crippen molar-refractivity contribution in [2.45, 2.75) is 19.9 Å². The number of nitrogens with zero attached hydrogens (tertiary/aromatic N) is 5. The van der Waals surface area contributed by atoms with Crippen molar-refractivity contribution in [3.8, 4) is 22.4 Å². The van der Waals surface area contributed by atoms with E-state index in [0.29, 0.717) is 6.04 Å². The van der Waals surface area contributed by atoms with Crippen LogP contribution in [0, 0.1) is 6.92 Å². The maximum Gasteiger partial charge on any atom is 0.0924 e. The maximum absolute atomic E-state index is 5.01. The predicted octanol–water partition coefficient (Wildman–Crippen LogP) is 5.71. The molecule has 174 valence electrons. The van der Waals surface area contributed by atoms with Gasteiger partial charge in [0.15, 0.2) is 0 Å². The summed E-state index contributed by atoms with van der Waals surface area (Å²) in [6.07, 6.45) is 5.81. The zero-order valence-corrected chi connectivity index (χ0v) is 20.0. The van der Waals surface area contributed by atoms with Crippen LogP contribution in [0.5, 0.6) is 0 Å². The van der Waals surface area contributed by atoms with E-state index in [1.165, 1.54) is 5.69 Å². The van der Waals surface area contributed by atoms with Crippen molar-refractivity contribution >= 4 is 22.3 Å². The van der Waals surface area contributed by atoms with Crippen LogP contribution in [0.4, 0.5) is 11.4 Å². The summed E-state index contributed by atoms with van der Waals surface area (Å²) in [5, 5.41) is 8.66. The van der Waals surface area contributed by atoms with Crippen molar-refractivity contribution in [1.82, 2.24) is 20.2 Å². The van der Waals surface area contributed by atoms with Gasteiger partial charge in [-0.1, -0.05) is 36.4 Å². The summed E-state index contributed by atoms with van der Waals surface area (Å²) >= 11 is 0. The standard InChI is InChI=1S/C29H28N6/c1-20-19-34(24-9-6-12-30-17-24)13-14-35(20)25-16-27(29(31-18-25)22-7-4-3-5-8-22)23-10-11-28-26(15-23)21(2)32-33-28/h3-12,15-18,20H,13-14,19H2,1-2H3,(H,32,33). The van der Waals surface area contributed by atoms with Crippen LogP contribution in [0.15, 0.2) is 85.3 Å². The molecule has 35 heavy (non-hydrogen) atoms. The molecule has 3 aromatic heterocycles. The molecular weight excluding hydrogens is 432 g/mol. The van der Waals surface area contributed by atoms with Gasteiger partial charge in [0.05, 0.1) is 35.0 Å². The zero-order chi connectivity index (χ0) is 23.8. The number of H-pyrrole nitrogens is 1. The number of pyridine rings is 2. The SMILES string of the molecule is Cc1[nH]nc2ccc(-c3cc(N4CCN(c5cccnc5)CC4C)cnc3-c3ccccc3)cc12. The highest BCUT2D eigenvalue weighted by Crippen LogP contribution is 2.36. The quantitative estimate of drug-likeness (QED) is 0.372. The topological polar surface area (TPSA) is 60.9 Å². The number of rotatable bonds is 4. The second kappa shape index (κ2) is 8.87. The first-order valence-electron chi connectivity index (χ1n) is 12.1. The molecule has 0 amide bonds. The molecule has 0 bridgehead atoms. The smallest absolute Gasteiger partial charge is 0.0924 e. The molecule has 1 saturated heterocycles. The first-order chi connectivity index (χ1) is 17.2. The lowest BCUT2D eigenvalue weighted by atomic mass is 9.97. The van der Waals surface area contributed by atoms with Gasteiger partial charge >= 0.3 is 0 Å². The summed E-state index contributed by atoms with van der Waals surface area (Å²) < 4.78 is 0. The number of anilines is 2. The number of piperazine rings is 1. The third kappa shape index (κ3) is 4.01. The van der Waals surface area contributed by atoms with Crippen LogP contribution in [0.3, 0.4) is 0 Å². The lowest BCUT2D eigenvalue weighted by molar-refractivity contribution is 0.550. The van der Waals surface area contributed by atoms with E-state index in [1.54, 1.807) is 0 Å². The Kier molecular flexibility index (Phi) is 5.41. The molecule has 0 aliphatic carbocycles. The molecule has 6 rings (SSSR count). The Morgan fingerprint density at radius 3 is 2.57 bits per heavy atom. The van der Waals surface area contributed by atoms with E-state index in [4.69, 9.17) is 4.98 Å². The van der Waals surface area contributed by atoms with E-state index < -0.39 is 0 Å². The Labute approximate surface area is 205 Å². The Bertz CT molecular complexity index is 1460. The first-order valence-corrected chi connectivity index (χ1v) is 12.1. The van der Waals surface area contributed by atoms with Crippen molar-refractivity contribution in [1.29, 1.82) is 0 Å². The third-order valence-corrected chi connectivity index (χ3v) is 6.95. The molecular formula is C29H28N6. The lowest BCUT2D eigenvalue weighted by Crippen LogP contribution is -2.52. The molecule has 1 N–H and O–H groups in total. The summed E-state index contributed by atoms with van der Waals surface area (Å²) in [7, 11) is 0. The fraction of sp³-hybridized carbons (Fsp3) is 0.207. The molecule has 1 aliphatic heterocycles. The third-order valence-electron chi connectivity index (χ3n) is 6.95. The van der Waals surface area contributed by atoms with Crippen LogP contribution in [-0.2, 0) is 0 Å². The number of fused-ring (bicyclic) bond motifs is 1. The van der Waals surface area contributed by atoms with Gasteiger partial charge in [0, 0.05) is 54.1 Å². The van der Waals surface area contributed by atoms with Gasteiger partial charge in [0.25, 0.3) is 0 Å². The maximum atomic E-state index is 5.01. The molecule has 2 aromatic carbocycles. The summed E-state index contributed by atoms with van der Waals surface area (Å²) in [5.41, 5.74) is 8.80. The summed E-state index contributed by atoms with van der Waals surface area (Å²) in [6.45, 7) is 7.18. The molecule has 5 aromatic rings. The number of aryl methyl sites for hydroxylation is 1. The molecule has 1 atom stereocenters. The number of nitrogens with one attached hydrogen (secondary N) is 1. The van der Waals surface area contributed by atoms with Crippen molar-refractivity contribution in [2.24, 2.45) is 0 Å². The Balaban J connectivity index is 1.39. The van der Waals surface area contributed by atoms with Gasteiger partial charge in [0.2, 0.25) is 0 Å². The largest absolute Gasteiger partial charge is 0.366 e. The molecule has 0 spiro atoms. The molecule has 4 heterocycles. The monoisotopic (exact) mass is 460 g/mol. The van der Waals surface area contributed by atoms with Gasteiger partial charge in [-0.2, -0.15) is 5.10 Å². The number of hydrogen-bond acceptors (Lipinski definition) is 5. The fourth-order valence-corrected chi connectivity index (χ4v) is 5.08. The minimum Gasteiger partial charge on any atom is -0.366 e. The number of benzene rings is 2. The predicted molar refractivity (Wildman–Crippen MR) is 143 cm³/mol. The first kappa shape index (κ1) is 21.4. The lowest BCUT2D eigenvalue weighted by Gasteiger charge is -2.42. The number of aromatic nitrogens is 4. The van der Waals surface area contributed by atoms with Crippen molar-refractivity contribution in [2.75, 3.05) is 29.4 Å². The van der Waals surface area contributed by atoms with E-state index in [2.05, 4.69) is 93.4 Å². The molecule has 0 radical (unpaired) electrons. The van der Waals surface area contributed by atoms with Crippen molar-refractivity contribution < 1.29 is 0 Å². The van der Waals surface area contributed by atoms with Gasteiger partial charge in [-0.25, -0.2) is 0 Å². The van der Waals surface area contributed by atoms with E-state index in [1.807, 2.05) is 30.7 Å². The van der Waals surface area contributed by atoms with Crippen LogP contribution in [0.25, 0.3) is 33.3 Å². The van der Waals surface area contributed by atoms with Gasteiger partial charge in [-0.3, -0.25) is 15.1 Å². The highest BCUT2D eigenvalue weighted by molar-refractivity contribution is 5.90. The summed E-state index contributed by atoms with van der Waals surface area (Å²) in [5.74, 6) is 0. The molecule has 1 fully saturated rings. The highest BCUT2D eigenvalue weighted by atomic mass is 15.3. The van der Waals surface area contributed by atoms with E-state index in [9.17, 15) is 0 Å². The average Bonchev–Trinajstić information content (AvgIpc) is 3.29. The van der Waals surface area contributed by atoms with Gasteiger partial charge in [0.1, 0.15) is 0 Å². The normalized spacial score (nSPS) is 16.1. The van der Waals surface area contributed by atoms with Gasteiger partial charge in [-0.15, -0.1) is 0 Å². The molecule has 6 heteroatoms. The van der Waals surface area contributed by atoms with E-state index in [0.717, 1.165) is 64.3 Å². The Morgan fingerprint density at radius 2 is 1.77 bits per heavy atom. The summed E-state index contributed by atoms with van der Waals surface area (Å²) in [6, 6.07) is 23.7. The Morgan fingerprint density at radius 1 is 0.886 bits per heavy atom.